The van der Waals surface area contributed by atoms with Crippen molar-refractivity contribution < 1.29 is 22.7 Å². The maximum Gasteiger partial charge on any atom is 0.342 e. The van der Waals surface area contributed by atoms with Crippen molar-refractivity contribution in [3.63, 3.8) is 0 Å². The Labute approximate surface area is 156 Å². The Morgan fingerprint density at radius 1 is 1.23 bits per heavy atom. The lowest BCUT2D eigenvalue weighted by molar-refractivity contribution is -0.119. The summed E-state index contributed by atoms with van der Waals surface area (Å²) in [7, 11) is -3.39. The lowest BCUT2D eigenvalue weighted by Gasteiger charge is -2.10. The predicted octanol–water partition coefficient (Wildman–Crippen LogP) is 2.55. The van der Waals surface area contributed by atoms with Gasteiger partial charge in [0.1, 0.15) is 5.15 Å². The van der Waals surface area contributed by atoms with Crippen LogP contribution >= 0.6 is 11.6 Å². The first-order valence-corrected chi connectivity index (χ1v) is 9.75. The third-order valence-electron chi connectivity index (χ3n) is 3.38. The molecule has 0 unspecified atom stereocenters. The van der Waals surface area contributed by atoms with Gasteiger partial charge in [0.15, 0.2) is 16.4 Å². The van der Waals surface area contributed by atoms with Gasteiger partial charge in [0.2, 0.25) is 0 Å². The Kier molecular flexibility index (Phi) is 5.99. The summed E-state index contributed by atoms with van der Waals surface area (Å²) in [6, 6.07) is 7.44. The summed E-state index contributed by atoms with van der Waals surface area (Å²) in [6.07, 6.45) is 1.07. The minimum atomic E-state index is -3.39. The summed E-state index contributed by atoms with van der Waals surface area (Å²) >= 11 is 5.97. The van der Waals surface area contributed by atoms with Gasteiger partial charge in [-0.05, 0) is 43.7 Å². The molecule has 26 heavy (non-hydrogen) atoms. The van der Waals surface area contributed by atoms with Gasteiger partial charge in [0.05, 0.1) is 10.5 Å². The van der Waals surface area contributed by atoms with Crippen molar-refractivity contribution >= 4 is 39.0 Å². The van der Waals surface area contributed by atoms with E-state index in [1.54, 1.807) is 19.9 Å². The molecule has 1 amide bonds. The monoisotopic (exact) mass is 396 g/mol. The van der Waals surface area contributed by atoms with Crippen LogP contribution in [-0.2, 0) is 19.4 Å². The summed E-state index contributed by atoms with van der Waals surface area (Å²) in [5.41, 5.74) is 1.63. The number of benzene rings is 1. The highest BCUT2D eigenvalue weighted by Crippen LogP contribution is 2.20. The maximum atomic E-state index is 12.1. The van der Waals surface area contributed by atoms with Crippen LogP contribution in [0.1, 0.15) is 21.6 Å². The van der Waals surface area contributed by atoms with E-state index >= 15 is 0 Å². The summed E-state index contributed by atoms with van der Waals surface area (Å²) < 4.78 is 28.0. The van der Waals surface area contributed by atoms with E-state index in [2.05, 4.69) is 10.3 Å². The number of nitrogens with one attached hydrogen (secondary N) is 1. The summed E-state index contributed by atoms with van der Waals surface area (Å²) in [5.74, 6) is -1.38. The molecule has 2 aromatic rings. The minimum Gasteiger partial charge on any atom is -0.452 e. The predicted molar refractivity (Wildman–Crippen MR) is 97.2 cm³/mol. The van der Waals surface area contributed by atoms with Gasteiger partial charge in [-0.25, -0.2) is 18.2 Å². The van der Waals surface area contributed by atoms with E-state index in [0.29, 0.717) is 11.3 Å². The van der Waals surface area contributed by atoms with E-state index in [-0.39, 0.29) is 21.3 Å². The molecule has 2 rings (SSSR count). The van der Waals surface area contributed by atoms with Crippen LogP contribution in [0.3, 0.4) is 0 Å². The van der Waals surface area contributed by atoms with E-state index < -0.39 is 28.3 Å². The molecule has 1 N–H and O–H groups in total. The van der Waals surface area contributed by atoms with Gasteiger partial charge >= 0.3 is 5.97 Å². The SMILES string of the molecule is Cc1cc(C)c(C(=O)OCC(=O)Nc2cccc(S(C)(=O)=O)c2)c(Cl)n1. The zero-order chi connectivity index (χ0) is 19.5. The number of rotatable bonds is 5. The number of halogens is 1. The van der Waals surface area contributed by atoms with Gasteiger partial charge in [-0.1, -0.05) is 17.7 Å². The van der Waals surface area contributed by atoms with Crippen LogP contribution in [0, 0.1) is 13.8 Å². The Bertz CT molecular complexity index is 950. The number of aryl methyl sites for hydroxylation is 2. The number of carbonyl (C=O) groups excluding carboxylic acids is 2. The Hall–Kier alpha value is -2.45. The van der Waals surface area contributed by atoms with Crippen LogP contribution in [0.15, 0.2) is 35.2 Å². The second-order valence-corrected chi connectivity index (χ2v) is 8.04. The first-order chi connectivity index (χ1) is 12.1. The number of ether oxygens (including phenoxy) is 1. The highest BCUT2D eigenvalue weighted by Gasteiger charge is 2.18. The molecule has 0 bridgehead atoms. The number of aromatic nitrogens is 1. The van der Waals surface area contributed by atoms with Crippen LogP contribution < -0.4 is 5.32 Å². The number of amides is 1. The smallest absolute Gasteiger partial charge is 0.342 e. The van der Waals surface area contributed by atoms with Crippen molar-refractivity contribution in [2.24, 2.45) is 0 Å². The molecule has 9 heteroatoms. The van der Waals surface area contributed by atoms with E-state index in [1.807, 2.05) is 0 Å². The zero-order valence-corrected chi connectivity index (χ0v) is 15.9. The number of hydrogen-bond acceptors (Lipinski definition) is 6. The Balaban J connectivity index is 2.03. The first kappa shape index (κ1) is 19.9. The molecular weight excluding hydrogens is 380 g/mol. The van der Waals surface area contributed by atoms with Crippen molar-refractivity contribution in [2.75, 3.05) is 18.2 Å². The molecule has 0 atom stereocenters. The van der Waals surface area contributed by atoms with Gasteiger partial charge in [0.25, 0.3) is 5.91 Å². The number of hydrogen-bond donors (Lipinski definition) is 1. The summed E-state index contributed by atoms with van der Waals surface area (Å²) in [6.45, 7) is 2.88. The number of esters is 1. The van der Waals surface area contributed by atoms with Crippen LogP contribution in [0.4, 0.5) is 5.69 Å². The maximum absolute atomic E-state index is 12.1. The van der Waals surface area contributed by atoms with Crippen molar-refractivity contribution in [3.05, 3.63) is 52.3 Å². The molecule has 7 nitrogen and oxygen atoms in total. The van der Waals surface area contributed by atoms with Crippen molar-refractivity contribution in [1.29, 1.82) is 0 Å². The Morgan fingerprint density at radius 3 is 2.54 bits per heavy atom. The molecule has 0 radical (unpaired) electrons. The molecular formula is C17H17ClN2O5S. The highest BCUT2D eigenvalue weighted by molar-refractivity contribution is 7.90. The zero-order valence-electron chi connectivity index (χ0n) is 14.4. The van der Waals surface area contributed by atoms with Gasteiger partial charge in [-0.15, -0.1) is 0 Å². The molecule has 0 spiro atoms. The van der Waals surface area contributed by atoms with Crippen LogP contribution in [0.25, 0.3) is 0 Å². The van der Waals surface area contributed by atoms with E-state index in [0.717, 1.165) is 6.26 Å². The van der Waals surface area contributed by atoms with E-state index in [4.69, 9.17) is 16.3 Å². The summed E-state index contributed by atoms with van der Waals surface area (Å²) in [4.78, 5) is 28.1. The van der Waals surface area contributed by atoms with Crippen LogP contribution in [0.2, 0.25) is 5.15 Å². The number of anilines is 1. The largest absolute Gasteiger partial charge is 0.452 e. The third-order valence-corrected chi connectivity index (χ3v) is 4.77. The average molecular weight is 397 g/mol. The standard InChI is InChI=1S/C17H17ClN2O5S/c1-10-7-11(2)19-16(18)15(10)17(22)25-9-14(21)20-12-5-4-6-13(8-12)26(3,23)24/h4-8H,9H2,1-3H3,(H,20,21). The fourth-order valence-electron chi connectivity index (χ4n) is 2.24. The molecule has 0 aliphatic carbocycles. The second kappa shape index (κ2) is 7.84. The van der Waals surface area contributed by atoms with E-state index in [1.165, 1.54) is 24.3 Å². The van der Waals surface area contributed by atoms with Crippen LogP contribution in [-0.4, -0.2) is 38.1 Å². The fourth-order valence-corrected chi connectivity index (χ4v) is 3.27. The molecule has 0 aliphatic heterocycles. The fraction of sp³-hybridized carbons (Fsp3) is 0.235. The Morgan fingerprint density at radius 2 is 1.92 bits per heavy atom. The van der Waals surface area contributed by atoms with Gasteiger partial charge in [-0.2, -0.15) is 0 Å². The van der Waals surface area contributed by atoms with Crippen molar-refractivity contribution in [3.8, 4) is 0 Å². The number of sulfone groups is 1. The van der Waals surface area contributed by atoms with Crippen molar-refractivity contribution in [2.45, 2.75) is 18.7 Å². The minimum absolute atomic E-state index is 0.00811. The van der Waals surface area contributed by atoms with Gasteiger partial charge in [-0.3, -0.25) is 4.79 Å². The second-order valence-electron chi connectivity index (χ2n) is 5.67. The molecule has 0 aliphatic rings. The normalized spacial score (nSPS) is 11.1. The lowest BCUT2D eigenvalue weighted by Crippen LogP contribution is -2.21. The lowest BCUT2D eigenvalue weighted by atomic mass is 10.1. The van der Waals surface area contributed by atoms with Crippen LogP contribution in [0.5, 0.6) is 0 Å². The quantitative estimate of drug-likeness (QED) is 0.615. The first-order valence-electron chi connectivity index (χ1n) is 7.49. The molecule has 0 saturated heterocycles. The summed E-state index contributed by atoms with van der Waals surface area (Å²) in [5, 5.41) is 2.48. The number of nitrogens with zero attached hydrogens (tertiary/aromatic N) is 1. The third kappa shape index (κ3) is 5.03. The van der Waals surface area contributed by atoms with Gasteiger partial charge < -0.3 is 10.1 Å². The highest BCUT2D eigenvalue weighted by atomic mass is 35.5. The molecule has 1 aromatic heterocycles. The molecule has 138 valence electrons. The molecule has 1 aromatic carbocycles. The van der Waals surface area contributed by atoms with Crippen molar-refractivity contribution in [1.82, 2.24) is 4.98 Å². The molecule has 1 heterocycles. The van der Waals surface area contributed by atoms with Gasteiger partial charge in [0, 0.05) is 17.6 Å². The number of pyridine rings is 1. The molecule has 0 fully saturated rings. The number of carbonyl (C=O) groups is 2. The topological polar surface area (TPSA) is 102 Å². The van der Waals surface area contributed by atoms with E-state index in [9.17, 15) is 18.0 Å². The molecule has 0 saturated carbocycles. The average Bonchev–Trinajstić information content (AvgIpc) is 2.51.